The van der Waals surface area contributed by atoms with E-state index in [1.807, 2.05) is 0 Å². The molecule has 0 saturated heterocycles. The summed E-state index contributed by atoms with van der Waals surface area (Å²) in [6.45, 7) is 0. The van der Waals surface area contributed by atoms with Gasteiger partial charge in [0.1, 0.15) is 0 Å². The molecule has 0 amide bonds. The summed E-state index contributed by atoms with van der Waals surface area (Å²) in [5.41, 5.74) is 0.140. The van der Waals surface area contributed by atoms with Gasteiger partial charge in [-0.15, -0.1) is 4.91 Å². The van der Waals surface area contributed by atoms with E-state index in [-0.39, 0.29) is 5.69 Å². The van der Waals surface area contributed by atoms with Gasteiger partial charge in [-0.05, 0) is 11.2 Å². The first kappa shape index (κ1) is 9.20. The fraction of sp³-hybridized carbons (Fsp3) is 0. The van der Waals surface area contributed by atoms with Crippen molar-refractivity contribution in [2.24, 2.45) is 5.18 Å². The number of fused-ring (bicyclic) bond motifs is 1. The molecule has 0 unspecified atom stereocenters. The normalized spacial score (nSPS) is 10.1. The predicted molar refractivity (Wildman–Crippen MR) is 53.9 cm³/mol. The molecule has 2 rings (SSSR count). The van der Waals surface area contributed by atoms with Crippen molar-refractivity contribution in [2.75, 3.05) is 0 Å². The maximum atomic E-state index is 10.6. The Morgan fingerprint density at radius 2 is 2.07 bits per heavy atom. The van der Waals surface area contributed by atoms with Gasteiger partial charge in [0.05, 0.1) is 10.4 Å². The van der Waals surface area contributed by atoms with E-state index in [1.54, 1.807) is 24.3 Å². The molecular formula is C9H5N3O3. The highest BCUT2D eigenvalue weighted by molar-refractivity contribution is 5.83. The number of hydrogen-bond donors (Lipinski definition) is 0. The summed E-state index contributed by atoms with van der Waals surface area (Å²) in [6, 6.07) is 8.11. The minimum atomic E-state index is -0.670. The smallest absolute Gasteiger partial charge is 0.258 e. The highest BCUT2D eigenvalue weighted by Crippen LogP contribution is 2.28. The Labute approximate surface area is 83.7 Å². The van der Waals surface area contributed by atoms with Gasteiger partial charge < -0.3 is 0 Å². The average molecular weight is 203 g/mol. The SMILES string of the molecule is O=Nc1nc2ccccc2cc1[N+](=O)[O-]. The summed E-state index contributed by atoms with van der Waals surface area (Å²) in [4.78, 5) is 24.1. The lowest BCUT2D eigenvalue weighted by Crippen LogP contribution is -1.91. The molecule has 0 bridgehead atoms. The summed E-state index contributed by atoms with van der Waals surface area (Å²) in [7, 11) is 0. The second kappa shape index (κ2) is 3.41. The first-order chi connectivity index (χ1) is 7.22. The Morgan fingerprint density at radius 1 is 1.33 bits per heavy atom. The number of nitro groups is 1. The number of nitrogens with zero attached hydrogens (tertiary/aromatic N) is 3. The fourth-order valence-corrected chi connectivity index (χ4v) is 1.30. The molecule has 0 fully saturated rings. The van der Waals surface area contributed by atoms with Crippen molar-refractivity contribution in [3.05, 3.63) is 45.4 Å². The Balaban J connectivity index is 2.80. The van der Waals surface area contributed by atoms with Gasteiger partial charge in [-0.2, -0.15) is 0 Å². The predicted octanol–water partition coefficient (Wildman–Crippen LogP) is 2.54. The largest absolute Gasteiger partial charge is 0.317 e. The third kappa shape index (κ3) is 1.52. The van der Waals surface area contributed by atoms with Crippen LogP contribution in [-0.2, 0) is 0 Å². The molecule has 1 aromatic heterocycles. The molecule has 74 valence electrons. The zero-order chi connectivity index (χ0) is 10.8. The number of benzene rings is 1. The molecule has 0 atom stereocenters. The van der Waals surface area contributed by atoms with E-state index in [1.165, 1.54) is 6.07 Å². The molecule has 6 heteroatoms. The molecule has 15 heavy (non-hydrogen) atoms. The zero-order valence-electron chi connectivity index (χ0n) is 7.45. The van der Waals surface area contributed by atoms with Crippen molar-refractivity contribution >= 4 is 22.4 Å². The van der Waals surface area contributed by atoms with Crippen LogP contribution in [-0.4, -0.2) is 9.91 Å². The van der Waals surface area contributed by atoms with Crippen LogP contribution in [0.5, 0.6) is 0 Å². The van der Waals surface area contributed by atoms with E-state index in [9.17, 15) is 15.0 Å². The Kier molecular flexibility index (Phi) is 2.09. The maximum Gasteiger partial charge on any atom is 0.317 e. The monoisotopic (exact) mass is 203 g/mol. The maximum absolute atomic E-state index is 10.6. The van der Waals surface area contributed by atoms with Gasteiger partial charge in [0.15, 0.2) is 0 Å². The van der Waals surface area contributed by atoms with Crippen LogP contribution in [0.25, 0.3) is 10.9 Å². The van der Waals surface area contributed by atoms with Crippen molar-refractivity contribution < 1.29 is 4.92 Å². The standard InChI is InChI=1S/C9H5N3O3/c13-11-9-8(12(14)15)5-6-3-1-2-4-7(6)10-9/h1-5H. The highest BCUT2D eigenvalue weighted by Gasteiger charge is 2.17. The van der Waals surface area contributed by atoms with Gasteiger partial charge in [-0.3, -0.25) is 10.1 Å². The van der Waals surface area contributed by atoms with Crippen LogP contribution in [0.3, 0.4) is 0 Å². The Hall–Kier alpha value is -2.37. The quantitative estimate of drug-likeness (QED) is 0.426. The topological polar surface area (TPSA) is 85.5 Å². The lowest BCUT2D eigenvalue weighted by atomic mass is 10.2. The molecule has 1 aromatic carbocycles. The number of hydrogen-bond acceptors (Lipinski definition) is 5. The lowest BCUT2D eigenvalue weighted by Gasteiger charge is -1.97. The van der Waals surface area contributed by atoms with Crippen LogP contribution in [0.4, 0.5) is 11.5 Å². The van der Waals surface area contributed by atoms with E-state index >= 15 is 0 Å². The number of nitroso groups, excluding NO2 is 1. The van der Waals surface area contributed by atoms with E-state index in [0.717, 1.165) is 0 Å². The van der Waals surface area contributed by atoms with Crippen LogP contribution in [0, 0.1) is 15.0 Å². The Bertz CT molecular complexity index is 553. The van der Waals surface area contributed by atoms with E-state index < -0.39 is 10.7 Å². The summed E-state index contributed by atoms with van der Waals surface area (Å²) in [5, 5.41) is 13.7. The number of aromatic nitrogens is 1. The third-order valence-corrected chi connectivity index (χ3v) is 1.97. The van der Waals surface area contributed by atoms with Gasteiger partial charge in [0.25, 0.3) is 5.82 Å². The van der Waals surface area contributed by atoms with Crippen molar-refractivity contribution in [1.82, 2.24) is 4.98 Å². The number of para-hydroxylation sites is 1. The first-order valence-electron chi connectivity index (χ1n) is 4.10. The van der Waals surface area contributed by atoms with Gasteiger partial charge in [-0.25, -0.2) is 4.98 Å². The molecule has 0 aliphatic carbocycles. The van der Waals surface area contributed by atoms with Gasteiger partial charge in [-0.1, -0.05) is 18.2 Å². The zero-order valence-corrected chi connectivity index (χ0v) is 7.45. The average Bonchev–Trinajstić information content (AvgIpc) is 2.27. The van der Waals surface area contributed by atoms with E-state index in [2.05, 4.69) is 10.2 Å². The van der Waals surface area contributed by atoms with E-state index in [4.69, 9.17) is 0 Å². The molecule has 6 nitrogen and oxygen atoms in total. The minimum Gasteiger partial charge on any atom is -0.258 e. The van der Waals surface area contributed by atoms with Crippen LogP contribution >= 0.6 is 0 Å². The van der Waals surface area contributed by atoms with Gasteiger partial charge >= 0.3 is 5.69 Å². The minimum absolute atomic E-state index is 0.372. The molecule has 0 aliphatic heterocycles. The molecule has 0 radical (unpaired) electrons. The Morgan fingerprint density at radius 3 is 2.73 bits per heavy atom. The van der Waals surface area contributed by atoms with Crippen molar-refractivity contribution in [3.8, 4) is 0 Å². The van der Waals surface area contributed by atoms with Crippen molar-refractivity contribution in [3.63, 3.8) is 0 Å². The van der Waals surface area contributed by atoms with Crippen molar-refractivity contribution in [1.29, 1.82) is 0 Å². The lowest BCUT2D eigenvalue weighted by molar-refractivity contribution is -0.384. The summed E-state index contributed by atoms with van der Waals surface area (Å²) >= 11 is 0. The van der Waals surface area contributed by atoms with Crippen LogP contribution in [0.15, 0.2) is 35.5 Å². The van der Waals surface area contributed by atoms with Crippen LogP contribution < -0.4 is 0 Å². The summed E-state index contributed by atoms with van der Waals surface area (Å²) < 4.78 is 0. The number of rotatable bonds is 2. The fourth-order valence-electron chi connectivity index (χ4n) is 1.30. The molecule has 0 N–H and O–H groups in total. The molecule has 2 aromatic rings. The molecular weight excluding hydrogens is 198 g/mol. The van der Waals surface area contributed by atoms with Gasteiger partial charge in [0.2, 0.25) is 0 Å². The first-order valence-corrected chi connectivity index (χ1v) is 4.10. The molecule has 0 saturated carbocycles. The van der Waals surface area contributed by atoms with Crippen LogP contribution in [0.1, 0.15) is 0 Å². The summed E-state index contributed by atoms with van der Waals surface area (Å²) in [5.74, 6) is -0.390. The molecule has 0 aliphatic rings. The van der Waals surface area contributed by atoms with Crippen molar-refractivity contribution in [2.45, 2.75) is 0 Å². The second-order valence-electron chi connectivity index (χ2n) is 2.87. The van der Waals surface area contributed by atoms with E-state index in [0.29, 0.717) is 10.9 Å². The third-order valence-electron chi connectivity index (χ3n) is 1.97. The van der Waals surface area contributed by atoms with Gasteiger partial charge in [0, 0.05) is 11.5 Å². The second-order valence-corrected chi connectivity index (χ2v) is 2.87. The number of pyridine rings is 1. The molecule has 0 spiro atoms. The van der Waals surface area contributed by atoms with Crippen LogP contribution in [0.2, 0.25) is 0 Å². The molecule has 1 heterocycles. The highest BCUT2D eigenvalue weighted by atomic mass is 16.6. The summed E-state index contributed by atoms with van der Waals surface area (Å²) in [6.07, 6.45) is 0.